The van der Waals surface area contributed by atoms with Gasteiger partial charge in [-0.2, -0.15) is 0 Å². The Morgan fingerprint density at radius 3 is 2.25 bits per heavy atom. The molecule has 0 aliphatic rings. The third kappa shape index (κ3) is 4.03. The summed E-state index contributed by atoms with van der Waals surface area (Å²) in [6.07, 6.45) is 2.20. The molecule has 1 aromatic carbocycles. The SMILES string of the molecule is CCC(CC)C(N)COc1ccc(Cl)cc1. The van der Waals surface area contributed by atoms with Crippen LogP contribution in [0.1, 0.15) is 26.7 Å². The first kappa shape index (κ1) is 13.3. The molecule has 0 fully saturated rings. The van der Waals surface area contributed by atoms with Crippen molar-refractivity contribution in [3.63, 3.8) is 0 Å². The van der Waals surface area contributed by atoms with Crippen LogP contribution in [0.2, 0.25) is 5.02 Å². The normalized spacial score (nSPS) is 12.8. The highest BCUT2D eigenvalue weighted by Crippen LogP contribution is 2.17. The van der Waals surface area contributed by atoms with E-state index in [1.807, 2.05) is 24.3 Å². The molecule has 0 aliphatic carbocycles. The van der Waals surface area contributed by atoms with Gasteiger partial charge in [-0.1, -0.05) is 38.3 Å². The topological polar surface area (TPSA) is 35.2 Å². The zero-order valence-electron chi connectivity index (χ0n) is 9.95. The van der Waals surface area contributed by atoms with E-state index >= 15 is 0 Å². The number of hydrogen-bond acceptors (Lipinski definition) is 2. The highest BCUT2D eigenvalue weighted by atomic mass is 35.5. The molecule has 0 saturated heterocycles. The first-order valence-electron chi connectivity index (χ1n) is 5.81. The Morgan fingerprint density at radius 1 is 1.19 bits per heavy atom. The molecule has 0 spiro atoms. The lowest BCUT2D eigenvalue weighted by Crippen LogP contribution is -2.35. The molecule has 0 bridgehead atoms. The van der Waals surface area contributed by atoms with Gasteiger partial charge in [-0.05, 0) is 30.2 Å². The molecule has 0 amide bonds. The van der Waals surface area contributed by atoms with E-state index in [1.54, 1.807) is 0 Å². The number of benzene rings is 1. The van der Waals surface area contributed by atoms with Crippen LogP contribution < -0.4 is 10.5 Å². The zero-order chi connectivity index (χ0) is 12.0. The second-order valence-electron chi connectivity index (χ2n) is 4.01. The average molecular weight is 242 g/mol. The van der Waals surface area contributed by atoms with Crippen molar-refractivity contribution >= 4 is 11.6 Å². The lowest BCUT2D eigenvalue weighted by Gasteiger charge is -2.21. The fourth-order valence-corrected chi connectivity index (χ4v) is 1.88. The molecule has 3 heteroatoms. The largest absolute Gasteiger partial charge is 0.492 e. The number of hydrogen-bond donors (Lipinski definition) is 1. The second-order valence-corrected chi connectivity index (χ2v) is 4.44. The van der Waals surface area contributed by atoms with Crippen molar-refractivity contribution in [2.75, 3.05) is 6.61 Å². The number of rotatable bonds is 6. The van der Waals surface area contributed by atoms with Gasteiger partial charge < -0.3 is 10.5 Å². The van der Waals surface area contributed by atoms with Crippen molar-refractivity contribution in [2.45, 2.75) is 32.7 Å². The van der Waals surface area contributed by atoms with E-state index in [2.05, 4.69) is 13.8 Å². The standard InChI is InChI=1S/C13H20ClNO/c1-3-10(4-2)13(15)9-16-12-7-5-11(14)6-8-12/h5-8,10,13H,3-4,9,15H2,1-2H3. The summed E-state index contributed by atoms with van der Waals surface area (Å²) in [5.41, 5.74) is 6.07. The molecule has 1 aromatic rings. The van der Waals surface area contributed by atoms with Gasteiger partial charge in [0, 0.05) is 11.1 Å². The second kappa shape index (κ2) is 6.77. The smallest absolute Gasteiger partial charge is 0.119 e. The fraction of sp³-hybridized carbons (Fsp3) is 0.538. The summed E-state index contributed by atoms with van der Waals surface area (Å²) < 4.78 is 5.62. The van der Waals surface area contributed by atoms with Crippen LogP contribution in [0, 0.1) is 5.92 Å². The summed E-state index contributed by atoms with van der Waals surface area (Å²) >= 11 is 5.79. The molecule has 0 aromatic heterocycles. The van der Waals surface area contributed by atoms with E-state index in [4.69, 9.17) is 22.1 Å². The zero-order valence-corrected chi connectivity index (χ0v) is 10.7. The molecule has 0 heterocycles. The van der Waals surface area contributed by atoms with Crippen LogP contribution in [-0.4, -0.2) is 12.6 Å². The van der Waals surface area contributed by atoms with Crippen LogP contribution in [0.25, 0.3) is 0 Å². The molecule has 1 rings (SSSR count). The van der Waals surface area contributed by atoms with E-state index in [9.17, 15) is 0 Å². The van der Waals surface area contributed by atoms with Crippen molar-refractivity contribution < 1.29 is 4.74 Å². The van der Waals surface area contributed by atoms with Crippen LogP contribution >= 0.6 is 11.6 Å². The maximum absolute atomic E-state index is 6.07. The average Bonchev–Trinajstić information content (AvgIpc) is 2.30. The molecule has 1 unspecified atom stereocenters. The lowest BCUT2D eigenvalue weighted by molar-refractivity contribution is 0.239. The Kier molecular flexibility index (Phi) is 5.64. The Bertz CT molecular complexity index is 295. The lowest BCUT2D eigenvalue weighted by atomic mass is 9.95. The number of ether oxygens (including phenoxy) is 1. The third-order valence-corrected chi connectivity index (χ3v) is 3.16. The van der Waals surface area contributed by atoms with Gasteiger partial charge in [0.1, 0.15) is 12.4 Å². The Morgan fingerprint density at radius 2 is 1.75 bits per heavy atom. The van der Waals surface area contributed by atoms with E-state index < -0.39 is 0 Å². The number of halogens is 1. The molecule has 2 N–H and O–H groups in total. The maximum atomic E-state index is 6.07. The summed E-state index contributed by atoms with van der Waals surface area (Å²) in [5.74, 6) is 1.36. The van der Waals surface area contributed by atoms with Crippen LogP contribution in [0.3, 0.4) is 0 Å². The molecular weight excluding hydrogens is 222 g/mol. The van der Waals surface area contributed by atoms with Crippen molar-refractivity contribution in [1.82, 2.24) is 0 Å². The predicted molar refractivity (Wildman–Crippen MR) is 69.0 cm³/mol. The van der Waals surface area contributed by atoms with Gasteiger partial charge in [0.15, 0.2) is 0 Å². The molecule has 0 aliphatic heterocycles. The summed E-state index contributed by atoms with van der Waals surface area (Å²) in [7, 11) is 0. The predicted octanol–water partition coefficient (Wildman–Crippen LogP) is 3.48. The molecule has 16 heavy (non-hydrogen) atoms. The molecule has 2 nitrogen and oxygen atoms in total. The van der Waals surface area contributed by atoms with Gasteiger partial charge in [-0.3, -0.25) is 0 Å². The van der Waals surface area contributed by atoms with Crippen molar-refractivity contribution in [3.8, 4) is 5.75 Å². The van der Waals surface area contributed by atoms with Gasteiger partial charge in [0.25, 0.3) is 0 Å². The van der Waals surface area contributed by atoms with E-state index in [1.165, 1.54) is 0 Å². The van der Waals surface area contributed by atoms with E-state index in [-0.39, 0.29) is 6.04 Å². The van der Waals surface area contributed by atoms with Crippen LogP contribution in [0.5, 0.6) is 5.75 Å². The molecule has 90 valence electrons. The summed E-state index contributed by atoms with van der Waals surface area (Å²) in [6, 6.07) is 7.47. The van der Waals surface area contributed by atoms with Crippen molar-refractivity contribution in [3.05, 3.63) is 29.3 Å². The minimum atomic E-state index is 0.102. The van der Waals surface area contributed by atoms with E-state index in [0.717, 1.165) is 23.6 Å². The minimum Gasteiger partial charge on any atom is -0.492 e. The minimum absolute atomic E-state index is 0.102. The first-order valence-corrected chi connectivity index (χ1v) is 6.19. The van der Waals surface area contributed by atoms with Crippen molar-refractivity contribution in [1.29, 1.82) is 0 Å². The van der Waals surface area contributed by atoms with Crippen LogP contribution in [0.15, 0.2) is 24.3 Å². The first-order chi connectivity index (χ1) is 7.67. The van der Waals surface area contributed by atoms with Gasteiger partial charge >= 0.3 is 0 Å². The Balaban J connectivity index is 2.42. The van der Waals surface area contributed by atoms with Gasteiger partial charge in [-0.25, -0.2) is 0 Å². The van der Waals surface area contributed by atoms with E-state index in [0.29, 0.717) is 12.5 Å². The quantitative estimate of drug-likeness (QED) is 0.828. The summed E-state index contributed by atoms with van der Waals surface area (Å²) in [5, 5.41) is 0.719. The van der Waals surface area contributed by atoms with Gasteiger partial charge in [0.2, 0.25) is 0 Å². The Hall–Kier alpha value is -0.730. The highest BCUT2D eigenvalue weighted by molar-refractivity contribution is 6.30. The van der Waals surface area contributed by atoms with Gasteiger partial charge in [0.05, 0.1) is 0 Å². The third-order valence-electron chi connectivity index (χ3n) is 2.91. The molecular formula is C13H20ClNO. The summed E-state index contributed by atoms with van der Waals surface area (Å²) in [6.45, 7) is 4.89. The monoisotopic (exact) mass is 241 g/mol. The van der Waals surface area contributed by atoms with Crippen molar-refractivity contribution in [2.24, 2.45) is 11.7 Å². The maximum Gasteiger partial charge on any atom is 0.119 e. The Labute approximate surface area is 103 Å². The molecule has 0 radical (unpaired) electrons. The molecule has 0 saturated carbocycles. The van der Waals surface area contributed by atoms with Crippen LogP contribution in [0.4, 0.5) is 0 Å². The number of nitrogens with two attached hydrogens (primary N) is 1. The highest BCUT2D eigenvalue weighted by Gasteiger charge is 2.14. The van der Waals surface area contributed by atoms with Crippen LogP contribution in [-0.2, 0) is 0 Å². The fourth-order valence-electron chi connectivity index (χ4n) is 1.75. The van der Waals surface area contributed by atoms with Gasteiger partial charge in [-0.15, -0.1) is 0 Å². The summed E-state index contributed by atoms with van der Waals surface area (Å²) in [4.78, 5) is 0. The molecule has 1 atom stereocenters.